The molecule has 2 aromatic heterocycles. The fraction of sp³-hybridized carbons (Fsp3) is 0.118. The third-order valence-corrected chi connectivity index (χ3v) is 4.55. The third-order valence-electron chi connectivity index (χ3n) is 3.12. The second-order valence-electron chi connectivity index (χ2n) is 5.04. The number of hydrogen-bond donors (Lipinski definition) is 1. The summed E-state index contributed by atoms with van der Waals surface area (Å²) in [6.07, 6.45) is 0.236. The molecule has 23 heavy (non-hydrogen) atoms. The van der Waals surface area contributed by atoms with Crippen molar-refractivity contribution in [1.29, 1.82) is 0 Å². The minimum absolute atomic E-state index is 0.116. The minimum atomic E-state index is -0.116. The van der Waals surface area contributed by atoms with Gasteiger partial charge in [0.05, 0.1) is 12.1 Å². The first-order valence-electron chi connectivity index (χ1n) is 7.04. The molecule has 0 bridgehead atoms. The zero-order valence-electron chi connectivity index (χ0n) is 12.4. The van der Waals surface area contributed by atoms with Crippen molar-refractivity contribution in [2.24, 2.45) is 0 Å². The largest absolute Gasteiger partial charge is 0.310 e. The van der Waals surface area contributed by atoms with Crippen LogP contribution in [0.25, 0.3) is 10.6 Å². The van der Waals surface area contributed by atoms with Crippen molar-refractivity contribution >= 4 is 39.0 Å². The number of anilines is 1. The molecule has 0 aliphatic carbocycles. The monoisotopic (exact) mass is 387 g/mol. The van der Waals surface area contributed by atoms with E-state index < -0.39 is 0 Å². The average molecular weight is 388 g/mol. The van der Waals surface area contributed by atoms with E-state index >= 15 is 0 Å². The summed E-state index contributed by atoms with van der Waals surface area (Å²) in [7, 11) is 0. The number of nitrogens with zero attached hydrogens (tertiary/aromatic N) is 2. The Balaban J connectivity index is 1.68. The zero-order chi connectivity index (χ0) is 16.2. The van der Waals surface area contributed by atoms with Gasteiger partial charge in [-0.05, 0) is 31.2 Å². The highest BCUT2D eigenvalue weighted by Gasteiger charge is 2.10. The number of nitrogens with one attached hydrogen (secondary N) is 1. The van der Waals surface area contributed by atoms with Gasteiger partial charge in [0.1, 0.15) is 10.8 Å². The number of hydrogen-bond acceptors (Lipinski definition) is 4. The zero-order valence-corrected chi connectivity index (χ0v) is 14.8. The predicted molar refractivity (Wildman–Crippen MR) is 96.6 cm³/mol. The molecule has 2 heterocycles. The molecule has 0 spiro atoms. The smallest absolute Gasteiger partial charge is 0.231 e. The first kappa shape index (κ1) is 15.8. The van der Waals surface area contributed by atoms with E-state index in [2.05, 4.69) is 31.2 Å². The second kappa shape index (κ2) is 7.02. The molecule has 0 fully saturated rings. The molecule has 0 unspecified atom stereocenters. The van der Waals surface area contributed by atoms with E-state index in [1.807, 2.05) is 48.7 Å². The average Bonchev–Trinajstić information content (AvgIpc) is 2.95. The van der Waals surface area contributed by atoms with E-state index in [0.717, 1.165) is 26.4 Å². The van der Waals surface area contributed by atoms with E-state index in [9.17, 15) is 4.79 Å². The lowest BCUT2D eigenvalue weighted by molar-refractivity contribution is -0.115. The Labute approximate surface area is 146 Å². The number of amides is 1. The van der Waals surface area contributed by atoms with Gasteiger partial charge >= 0.3 is 0 Å². The maximum absolute atomic E-state index is 12.1. The number of pyridine rings is 1. The van der Waals surface area contributed by atoms with Crippen molar-refractivity contribution in [2.45, 2.75) is 13.3 Å². The molecule has 0 atom stereocenters. The van der Waals surface area contributed by atoms with E-state index in [1.165, 1.54) is 11.3 Å². The fourth-order valence-corrected chi connectivity index (χ4v) is 3.32. The van der Waals surface area contributed by atoms with Gasteiger partial charge in [-0.2, -0.15) is 0 Å². The van der Waals surface area contributed by atoms with Crippen molar-refractivity contribution < 1.29 is 4.79 Å². The number of carbonyl (C=O) groups excluding carboxylic acids is 1. The summed E-state index contributed by atoms with van der Waals surface area (Å²) >= 11 is 4.99. The summed E-state index contributed by atoms with van der Waals surface area (Å²) in [6, 6.07) is 13.5. The summed E-state index contributed by atoms with van der Waals surface area (Å²) in [5.41, 5.74) is 2.67. The molecular formula is C17H14BrN3OS. The van der Waals surface area contributed by atoms with Crippen LogP contribution in [0.4, 0.5) is 5.82 Å². The van der Waals surface area contributed by atoms with Crippen LogP contribution < -0.4 is 5.32 Å². The maximum Gasteiger partial charge on any atom is 0.231 e. The van der Waals surface area contributed by atoms with E-state index in [4.69, 9.17) is 0 Å². The lowest BCUT2D eigenvalue weighted by atomic mass is 10.2. The quantitative estimate of drug-likeness (QED) is 0.718. The van der Waals surface area contributed by atoms with Gasteiger partial charge in [-0.25, -0.2) is 9.97 Å². The summed E-state index contributed by atoms with van der Waals surface area (Å²) in [5.74, 6) is 0.451. The molecule has 1 N–H and O–H groups in total. The molecule has 0 saturated heterocycles. The molecule has 0 aliphatic rings. The van der Waals surface area contributed by atoms with Gasteiger partial charge in [-0.3, -0.25) is 4.79 Å². The standard InChI is InChI=1S/C17H14BrN3OS/c1-11-4-2-7-15(19-11)21-16(22)9-14-10-23-17(20-14)12-5-3-6-13(18)8-12/h2-8,10H,9H2,1H3,(H,19,21,22). The van der Waals surface area contributed by atoms with Crippen LogP contribution in [0.15, 0.2) is 52.3 Å². The van der Waals surface area contributed by atoms with Gasteiger partial charge in [-0.15, -0.1) is 11.3 Å². The van der Waals surface area contributed by atoms with Gasteiger partial charge in [0.25, 0.3) is 0 Å². The summed E-state index contributed by atoms with van der Waals surface area (Å²) in [6.45, 7) is 1.89. The van der Waals surface area contributed by atoms with E-state index in [0.29, 0.717) is 5.82 Å². The predicted octanol–water partition coefficient (Wildman–Crippen LogP) is 4.46. The lowest BCUT2D eigenvalue weighted by Gasteiger charge is -2.03. The van der Waals surface area contributed by atoms with Crippen LogP contribution in [0, 0.1) is 6.92 Å². The van der Waals surface area contributed by atoms with Crippen LogP contribution in [-0.4, -0.2) is 15.9 Å². The molecule has 0 aliphatic heterocycles. The number of aryl methyl sites for hydroxylation is 1. The Hall–Kier alpha value is -2.05. The summed E-state index contributed by atoms with van der Waals surface area (Å²) in [4.78, 5) is 20.9. The molecule has 1 amide bonds. The molecule has 4 nitrogen and oxygen atoms in total. The van der Waals surface area contributed by atoms with Crippen molar-refractivity contribution in [1.82, 2.24) is 9.97 Å². The van der Waals surface area contributed by atoms with Crippen LogP contribution in [0.2, 0.25) is 0 Å². The Morgan fingerprint density at radius 3 is 2.83 bits per heavy atom. The van der Waals surface area contributed by atoms with Gasteiger partial charge < -0.3 is 5.32 Å². The van der Waals surface area contributed by atoms with Gasteiger partial charge in [0.15, 0.2) is 0 Å². The first-order valence-corrected chi connectivity index (χ1v) is 8.71. The third kappa shape index (κ3) is 4.24. The summed E-state index contributed by atoms with van der Waals surface area (Å²) in [5, 5.41) is 5.62. The Kier molecular flexibility index (Phi) is 4.83. The van der Waals surface area contributed by atoms with Gasteiger partial charge in [-0.1, -0.05) is 34.1 Å². The fourth-order valence-electron chi connectivity index (χ4n) is 2.11. The molecule has 0 radical (unpaired) electrons. The van der Waals surface area contributed by atoms with Crippen LogP contribution >= 0.6 is 27.3 Å². The maximum atomic E-state index is 12.1. The number of aromatic nitrogens is 2. The van der Waals surface area contributed by atoms with Gasteiger partial charge in [0, 0.05) is 21.1 Å². The SMILES string of the molecule is Cc1cccc(NC(=O)Cc2csc(-c3cccc(Br)c3)n2)n1. The highest BCUT2D eigenvalue weighted by atomic mass is 79.9. The number of thiazole rings is 1. The van der Waals surface area contributed by atoms with Crippen LogP contribution in [0.5, 0.6) is 0 Å². The van der Waals surface area contributed by atoms with Crippen molar-refractivity contribution in [2.75, 3.05) is 5.32 Å². The Bertz CT molecular complexity index is 847. The highest BCUT2D eigenvalue weighted by Crippen LogP contribution is 2.26. The number of carbonyl (C=O) groups is 1. The number of benzene rings is 1. The van der Waals surface area contributed by atoms with E-state index in [-0.39, 0.29) is 12.3 Å². The van der Waals surface area contributed by atoms with Crippen molar-refractivity contribution in [3.8, 4) is 10.6 Å². The Morgan fingerprint density at radius 2 is 2.04 bits per heavy atom. The highest BCUT2D eigenvalue weighted by molar-refractivity contribution is 9.10. The molecule has 3 aromatic rings. The molecule has 6 heteroatoms. The topological polar surface area (TPSA) is 54.9 Å². The number of halogens is 1. The molecule has 1 aromatic carbocycles. The minimum Gasteiger partial charge on any atom is -0.310 e. The number of rotatable bonds is 4. The molecule has 0 saturated carbocycles. The van der Waals surface area contributed by atoms with Crippen LogP contribution in [0.3, 0.4) is 0 Å². The van der Waals surface area contributed by atoms with Crippen LogP contribution in [-0.2, 0) is 11.2 Å². The normalized spacial score (nSPS) is 10.5. The Morgan fingerprint density at radius 1 is 1.22 bits per heavy atom. The molecule has 116 valence electrons. The van der Waals surface area contributed by atoms with Crippen molar-refractivity contribution in [3.05, 3.63) is 63.7 Å². The van der Waals surface area contributed by atoms with Crippen molar-refractivity contribution in [3.63, 3.8) is 0 Å². The lowest BCUT2D eigenvalue weighted by Crippen LogP contribution is -2.15. The van der Waals surface area contributed by atoms with E-state index in [1.54, 1.807) is 6.07 Å². The molecular weight excluding hydrogens is 374 g/mol. The molecule has 3 rings (SSSR count). The summed E-state index contributed by atoms with van der Waals surface area (Å²) < 4.78 is 1.01. The van der Waals surface area contributed by atoms with Crippen LogP contribution in [0.1, 0.15) is 11.4 Å². The first-order chi connectivity index (χ1) is 11.1. The van der Waals surface area contributed by atoms with Gasteiger partial charge in [0.2, 0.25) is 5.91 Å². The second-order valence-corrected chi connectivity index (χ2v) is 6.82.